The van der Waals surface area contributed by atoms with Crippen molar-refractivity contribution >= 4 is 5.82 Å². The van der Waals surface area contributed by atoms with Crippen LogP contribution in [-0.4, -0.2) is 19.7 Å². The fourth-order valence-corrected chi connectivity index (χ4v) is 1.24. The highest BCUT2D eigenvalue weighted by Crippen LogP contribution is 2.09. The lowest BCUT2D eigenvalue weighted by molar-refractivity contribution is 0.813. The molecule has 15 heavy (non-hydrogen) atoms. The van der Waals surface area contributed by atoms with Crippen LogP contribution in [0, 0.1) is 0 Å². The van der Waals surface area contributed by atoms with Crippen LogP contribution in [0.5, 0.6) is 0 Å². The van der Waals surface area contributed by atoms with Gasteiger partial charge in [0.15, 0.2) is 5.82 Å². The van der Waals surface area contributed by atoms with Crippen molar-refractivity contribution in [1.29, 1.82) is 0 Å². The van der Waals surface area contributed by atoms with E-state index in [-0.39, 0.29) is 0 Å². The molecular weight excluding hydrogens is 192 g/mol. The zero-order chi connectivity index (χ0) is 10.7. The van der Waals surface area contributed by atoms with Gasteiger partial charge in [-0.2, -0.15) is 5.10 Å². The van der Waals surface area contributed by atoms with Crippen LogP contribution in [0.15, 0.2) is 24.5 Å². The molecule has 0 saturated heterocycles. The van der Waals surface area contributed by atoms with E-state index in [1.54, 1.807) is 16.9 Å². The standard InChI is InChI=1S/C9H12N6/c1-2-7-12-8(14-10)6-9(13-7)15-5-3-4-11-15/h3-6H,2,10H2,1H3,(H,12,13,14). The van der Waals surface area contributed by atoms with Gasteiger partial charge in [-0.1, -0.05) is 6.92 Å². The summed E-state index contributed by atoms with van der Waals surface area (Å²) in [4.78, 5) is 8.53. The average molecular weight is 204 g/mol. The average Bonchev–Trinajstić information content (AvgIpc) is 2.81. The molecule has 0 radical (unpaired) electrons. The first-order chi connectivity index (χ1) is 7.33. The molecule has 0 fully saturated rings. The Morgan fingerprint density at radius 3 is 2.93 bits per heavy atom. The van der Waals surface area contributed by atoms with Crippen LogP contribution in [0.4, 0.5) is 5.82 Å². The minimum atomic E-state index is 0.590. The van der Waals surface area contributed by atoms with E-state index in [9.17, 15) is 0 Å². The smallest absolute Gasteiger partial charge is 0.159 e. The minimum Gasteiger partial charge on any atom is -0.308 e. The molecule has 0 aliphatic rings. The van der Waals surface area contributed by atoms with Crippen molar-refractivity contribution in [1.82, 2.24) is 19.7 Å². The summed E-state index contributed by atoms with van der Waals surface area (Å²) in [5.41, 5.74) is 2.51. The molecule has 0 aliphatic carbocycles. The van der Waals surface area contributed by atoms with Gasteiger partial charge in [0.1, 0.15) is 11.6 Å². The van der Waals surface area contributed by atoms with E-state index >= 15 is 0 Å². The lowest BCUT2D eigenvalue weighted by atomic mass is 10.4. The van der Waals surface area contributed by atoms with Gasteiger partial charge in [-0.25, -0.2) is 20.5 Å². The Kier molecular flexibility index (Phi) is 2.59. The van der Waals surface area contributed by atoms with Gasteiger partial charge in [-0.15, -0.1) is 0 Å². The molecule has 0 spiro atoms. The van der Waals surface area contributed by atoms with Gasteiger partial charge < -0.3 is 5.43 Å². The van der Waals surface area contributed by atoms with Gasteiger partial charge in [0.2, 0.25) is 0 Å². The molecule has 6 heteroatoms. The third-order valence-corrected chi connectivity index (χ3v) is 1.96. The Labute approximate surface area is 87.1 Å². The predicted molar refractivity (Wildman–Crippen MR) is 56.3 cm³/mol. The third kappa shape index (κ3) is 1.94. The molecule has 0 amide bonds. The van der Waals surface area contributed by atoms with Crippen LogP contribution < -0.4 is 11.3 Å². The number of aromatic nitrogens is 4. The van der Waals surface area contributed by atoms with Crippen molar-refractivity contribution in [3.63, 3.8) is 0 Å². The number of rotatable bonds is 3. The fourth-order valence-electron chi connectivity index (χ4n) is 1.24. The van der Waals surface area contributed by atoms with Crippen LogP contribution in [0.2, 0.25) is 0 Å². The number of nitrogens with zero attached hydrogens (tertiary/aromatic N) is 4. The van der Waals surface area contributed by atoms with Crippen molar-refractivity contribution in [3.8, 4) is 5.82 Å². The molecule has 0 aromatic carbocycles. The molecule has 2 heterocycles. The molecule has 3 N–H and O–H groups in total. The van der Waals surface area contributed by atoms with Crippen molar-refractivity contribution in [2.24, 2.45) is 5.84 Å². The Balaban J connectivity index is 2.47. The summed E-state index contributed by atoms with van der Waals surface area (Å²) in [6, 6.07) is 3.58. The zero-order valence-corrected chi connectivity index (χ0v) is 8.38. The molecular formula is C9H12N6. The minimum absolute atomic E-state index is 0.590. The first kappa shape index (κ1) is 9.60. The fraction of sp³-hybridized carbons (Fsp3) is 0.222. The van der Waals surface area contributed by atoms with Crippen molar-refractivity contribution in [2.75, 3.05) is 5.43 Å². The van der Waals surface area contributed by atoms with Crippen LogP contribution in [0.3, 0.4) is 0 Å². The number of nitrogens with two attached hydrogens (primary N) is 1. The maximum absolute atomic E-state index is 5.33. The Morgan fingerprint density at radius 2 is 2.33 bits per heavy atom. The number of hydrogen-bond acceptors (Lipinski definition) is 5. The number of aryl methyl sites for hydroxylation is 1. The van der Waals surface area contributed by atoms with E-state index in [0.717, 1.165) is 12.2 Å². The predicted octanol–water partition coefficient (Wildman–Crippen LogP) is 0.510. The van der Waals surface area contributed by atoms with Gasteiger partial charge in [-0.3, -0.25) is 0 Å². The molecule has 2 aromatic heterocycles. The van der Waals surface area contributed by atoms with Gasteiger partial charge in [0, 0.05) is 24.9 Å². The normalized spacial score (nSPS) is 10.3. The SMILES string of the molecule is CCc1nc(NN)cc(-n2cccn2)n1. The van der Waals surface area contributed by atoms with Crippen molar-refractivity contribution in [2.45, 2.75) is 13.3 Å². The number of anilines is 1. The maximum Gasteiger partial charge on any atom is 0.159 e. The Hall–Kier alpha value is -1.95. The lowest BCUT2D eigenvalue weighted by Gasteiger charge is -2.05. The van der Waals surface area contributed by atoms with E-state index in [2.05, 4.69) is 20.5 Å². The van der Waals surface area contributed by atoms with E-state index < -0.39 is 0 Å². The molecule has 2 rings (SSSR count). The van der Waals surface area contributed by atoms with E-state index in [1.807, 2.05) is 19.2 Å². The second-order valence-electron chi connectivity index (χ2n) is 2.98. The second-order valence-corrected chi connectivity index (χ2v) is 2.98. The summed E-state index contributed by atoms with van der Waals surface area (Å²) in [7, 11) is 0. The first-order valence-electron chi connectivity index (χ1n) is 4.68. The number of hydrazine groups is 1. The Morgan fingerprint density at radius 1 is 1.47 bits per heavy atom. The van der Waals surface area contributed by atoms with E-state index in [4.69, 9.17) is 5.84 Å². The summed E-state index contributed by atoms with van der Waals surface area (Å²) in [5.74, 6) is 7.36. The number of nitrogens with one attached hydrogen (secondary N) is 1. The van der Waals surface area contributed by atoms with Gasteiger partial charge in [0.25, 0.3) is 0 Å². The highest BCUT2D eigenvalue weighted by molar-refractivity contribution is 5.40. The molecule has 0 unspecified atom stereocenters. The van der Waals surface area contributed by atoms with Gasteiger partial charge in [0.05, 0.1) is 0 Å². The van der Waals surface area contributed by atoms with Crippen molar-refractivity contribution < 1.29 is 0 Å². The second kappa shape index (κ2) is 4.05. The molecule has 6 nitrogen and oxygen atoms in total. The topological polar surface area (TPSA) is 81.6 Å². The van der Waals surface area contributed by atoms with Crippen LogP contribution in [0.1, 0.15) is 12.7 Å². The van der Waals surface area contributed by atoms with Crippen LogP contribution >= 0.6 is 0 Å². The van der Waals surface area contributed by atoms with E-state index in [0.29, 0.717) is 11.6 Å². The third-order valence-electron chi connectivity index (χ3n) is 1.96. The van der Waals surface area contributed by atoms with Gasteiger partial charge in [-0.05, 0) is 6.07 Å². The summed E-state index contributed by atoms with van der Waals surface area (Å²) >= 11 is 0. The summed E-state index contributed by atoms with van der Waals surface area (Å²) < 4.78 is 1.67. The molecule has 0 atom stereocenters. The number of nitrogen functional groups attached to an aromatic ring is 1. The molecule has 78 valence electrons. The highest BCUT2D eigenvalue weighted by Gasteiger charge is 2.04. The first-order valence-corrected chi connectivity index (χ1v) is 4.68. The Bertz CT molecular complexity index is 414. The summed E-state index contributed by atoms with van der Waals surface area (Å²) in [6.45, 7) is 1.99. The molecule has 2 aromatic rings. The highest BCUT2D eigenvalue weighted by atomic mass is 15.3. The molecule has 0 bridgehead atoms. The zero-order valence-electron chi connectivity index (χ0n) is 8.38. The van der Waals surface area contributed by atoms with Gasteiger partial charge >= 0.3 is 0 Å². The van der Waals surface area contributed by atoms with Crippen molar-refractivity contribution in [3.05, 3.63) is 30.4 Å². The quantitative estimate of drug-likeness (QED) is 0.562. The summed E-state index contributed by atoms with van der Waals surface area (Å²) in [6.07, 6.45) is 4.27. The molecule has 0 saturated carbocycles. The largest absolute Gasteiger partial charge is 0.308 e. The number of hydrogen-bond donors (Lipinski definition) is 2. The molecule has 0 aliphatic heterocycles. The lowest BCUT2D eigenvalue weighted by Crippen LogP contribution is -2.12. The summed E-state index contributed by atoms with van der Waals surface area (Å²) in [5, 5.41) is 4.10. The maximum atomic E-state index is 5.33. The monoisotopic (exact) mass is 204 g/mol. The van der Waals surface area contributed by atoms with E-state index in [1.165, 1.54) is 0 Å². The van der Waals surface area contributed by atoms with Crippen LogP contribution in [0.25, 0.3) is 5.82 Å². The van der Waals surface area contributed by atoms with Crippen LogP contribution in [-0.2, 0) is 6.42 Å².